The van der Waals surface area contributed by atoms with Crippen molar-refractivity contribution in [2.75, 3.05) is 117 Å². The molecule has 6 aliphatic heterocycles. The molecule has 0 aliphatic carbocycles. The van der Waals surface area contributed by atoms with Crippen molar-refractivity contribution < 1.29 is 116 Å². The van der Waals surface area contributed by atoms with Crippen molar-refractivity contribution in [1.29, 1.82) is 0 Å². The summed E-state index contributed by atoms with van der Waals surface area (Å²) in [5.74, 6) is -2.81. The molecule has 11 rings (SSSR count). The molecule has 588 valence electrons. The van der Waals surface area contributed by atoms with Crippen LogP contribution >= 0.6 is 0 Å². The molecule has 6 heterocycles. The Balaban J connectivity index is 0.000000190. The number of carboxylic acid groups (broad SMARTS) is 5. The predicted molar refractivity (Wildman–Crippen MR) is 385 cm³/mol. The van der Waals surface area contributed by atoms with E-state index in [1.165, 1.54) is 14.7 Å². The van der Waals surface area contributed by atoms with E-state index in [-0.39, 0.29) is 114 Å². The van der Waals surface area contributed by atoms with E-state index >= 15 is 0 Å². The largest absolute Gasteiger partial charge is 0.497 e. The van der Waals surface area contributed by atoms with E-state index in [0.29, 0.717) is 62.5 Å². The molecule has 5 atom stereocenters. The zero-order valence-corrected chi connectivity index (χ0v) is 62.0. The molecule has 0 radical (unpaired) electrons. The summed E-state index contributed by atoms with van der Waals surface area (Å²) in [4.78, 5) is 155. The number of ether oxygens (including phenoxy) is 7. The number of rotatable bonds is 23. The molecule has 109 heavy (non-hydrogen) atoms. The number of nitrogens with zero attached hydrogens (tertiary/aromatic N) is 10. The summed E-state index contributed by atoms with van der Waals surface area (Å²) < 4.78 is 36.3. The van der Waals surface area contributed by atoms with E-state index in [1.54, 1.807) is 104 Å². The smallest absolute Gasteiger partial charge is 0.326 e. The number of amides is 6. The van der Waals surface area contributed by atoms with Gasteiger partial charge in [0.05, 0.1) is 99.9 Å². The van der Waals surface area contributed by atoms with Crippen LogP contribution in [0, 0.1) is 0 Å². The standard InChI is InChI=1S/C16H21N3O5.C15H20N2O5.C15H18N2O5.C14H16N2O5.C14H18N2O4/c1-18-10-19(9-15(21)22)14(20)7-13(18)16(23)17-8-11-3-5-12(24-2)6-4-11;1-16-9-17(14(18)7-11(16)15(19)20)8-10-4-5-12(21-2)13(6-10)22-3;1-16-10-17(13(18)7-12(16)15(20)21)8-14(19)22-9-11-5-3-2-4-6-11;1-15-7-16(13(17)5-10(15)14(18)19)6-9-2-3-11-12(4-9)21-8-20-11;1-15-9-16(13(17)7-12(15)14(18)19)8-10-3-5-11(20-2)6-4-10/h3-6,13H,7-10H2,1-2H3,(H,17,23)(H,21,22);4-6,11H,7-9H2,1-3H3,(H,19,20);2-6,12H,7-10H2,1H3,(H,20,21);2-4,10H,5-8H2,1H3,(H,18,19);3-6,12H,7-9H2,1-2H3,(H,18,19)/t13-;;;;/m0..../s1. The lowest BCUT2D eigenvalue weighted by atomic mass is 10.1. The molecule has 0 bridgehead atoms. The van der Waals surface area contributed by atoms with E-state index in [9.17, 15) is 57.5 Å². The number of benzene rings is 5. The number of nitrogens with one attached hydrogen (secondary N) is 1. The first-order valence-electron chi connectivity index (χ1n) is 34.2. The Bertz CT molecular complexity index is 4020. The second-order valence-electron chi connectivity index (χ2n) is 26.2. The zero-order valence-electron chi connectivity index (χ0n) is 62.0. The third-order valence-corrected chi connectivity index (χ3v) is 18.4. The Hall–Kier alpha value is -11.7. The highest BCUT2D eigenvalue weighted by atomic mass is 16.7. The number of aliphatic carboxylic acids is 5. The molecule has 6 aliphatic rings. The van der Waals surface area contributed by atoms with Crippen LogP contribution in [0.15, 0.2) is 115 Å². The molecule has 35 nitrogen and oxygen atoms in total. The van der Waals surface area contributed by atoms with Crippen LogP contribution in [0.4, 0.5) is 0 Å². The molecule has 5 saturated heterocycles. The molecule has 6 N–H and O–H groups in total. The number of hydrogen-bond donors (Lipinski definition) is 6. The summed E-state index contributed by atoms with van der Waals surface area (Å²) >= 11 is 0. The molecule has 6 amide bonds. The molecule has 5 fully saturated rings. The lowest BCUT2D eigenvalue weighted by molar-refractivity contribution is -0.159. The van der Waals surface area contributed by atoms with Crippen molar-refractivity contribution >= 4 is 71.3 Å². The van der Waals surface area contributed by atoms with E-state index in [0.717, 1.165) is 39.3 Å². The van der Waals surface area contributed by atoms with Crippen LogP contribution in [0.3, 0.4) is 0 Å². The third-order valence-electron chi connectivity index (χ3n) is 18.4. The Labute approximate surface area is 629 Å². The van der Waals surface area contributed by atoms with Gasteiger partial charge in [0, 0.05) is 26.2 Å². The van der Waals surface area contributed by atoms with Crippen molar-refractivity contribution in [2.24, 2.45) is 0 Å². The monoisotopic (exact) mass is 1520 g/mol. The predicted octanol–water partition coefficient (Wildman–Crippen LogP) is 2.23. The van der Waals surface area contributed by atoms with Crippen molar-refractivity contribution in [3.8, 4) is 34.5 Å². The maximum atomic E-state index is 12.3. The Morgan fingerprint density at radius 2 is 0.780 bits per heavy atom. The second kappa shape index (κ2) is 40.3. The lowest BCUT2D eigenvalue weighted by Gasteiger charge is -2.37. The Morgan fingerprint density at radius 1 is 0.404 bits per heavy atom. The summed E-state index contributed by atoms with van der Waals surface area (Å²) in [6.07, 6.45) is -0.173. The highest BCUT2D eigenvalue weighted by molar-refractivity contribution is 5.91. The van der Waals surface area contributed by atoms with Crippen LogP contribution in [0.1, 0.15) is 59.9 Å². The van der Waals surface area contributed by atoms with Gasteiger partial charge >= 0.3 is 35.8 Å². The minimum atomic E-state index is -1.07. The first-order valence-corrected chi connectivity index (χ1v) is 34.2. The number of fused-ring (bicyclic) bond motifs is 1. The quantitative estimate of drug-likeness (QED) is 0.0511. The number of carbonyl (C=O) groups is 12. The Kier molecular flexibility index (Phi) is 31.3. The van der Waals surface area contributed by atoms with Gasteiger partial charge in [-0.15, -0.1) is 0 Å². The normalized spacial score (nSPS) is 19.6. The number of likely N-dealkylation sites (N-methyl/N-ethyl adjacent to an activating group) is 5. The fraction of sp³-hybridized carbons (Fsp3) is 0.432. The number of esters is 1. The molecule has 0 aromatic heterocycles. The SMILES string of the molecule is CN1CN(CC(=O)OCc2ccccc2)C(=O)CC1C(=O)O.CN1CN(Cc2ccc3c(c2)OCO3)C(=O)CC1C(=O)O.COc1ccc(CN2CN(C)C(C(=O)O)CC2=O)cc1.COc1ccc(CN2CN(C)C(C(=O)O)CC2=O)cc1OC.COc1ccc(CNC(=O)[C@@H]2CC(=O)N(CC(=O)O)CN2C)cc1. The third kappa shape index (κ3) is 24.7. The molecule has 0 spiro atoms. The minimum absolute atomic E-state index is 0.00359. The van der Waals surface area contributed by atoms with Crippen LogP contribution < -0.4 is 33.7 Å². The second-order valence-corrected chi connectivity index (χ2v) is 26.2. The van der Waals surface area contributed by atoms with Gasteiger partial charge in [0.25, 0.3) is 0 Å². The molecular weight excluding hydrogens is 1430 g/mol. The molecule has 0 saturated carbocycles. The number of methoxy groups -OCH3 is 4. The fourth-order valence-electron chi connectivity index (χ4n) is 12.1. The van der Waals surface area contributed by atoms with Gasteiger partial charge in [-0.3, -0.25) is 82.0 Å². The summed E-state index contributed by atoms with van der Waals surface area (Å²) in [6, 6.07) is 31.4. The fourth-order valence-corrected chi connectivity index (χ4v) is 12.1. The van der Waals surface area contributed by atoms with Gasteiger partial charge in [0.2, 0.25) is 42.2 Å². The van der Waals surface area contributed by atoms with Gasteiger partial charge in [0.1, 0.15) is 55.4 Å². The number of carboxylic acids is 5. The van der Waals surface area contributed by atoms with Crippen LogP contribution in [0.25, 0.3) is 0 Å². The first-order chi connectivity index (χ1) is 51.9. The average Bonchev–Trinajstić information content (AvgIpc) is 1.48. The summed E-state index contributed by atoms with van der Waals surface area (Å²) in [5, 5.41) is 47.8. The van der Waals surface area contributed by atoms with Crippen LogP contribution in [0.2, 0.25) is 0 Å². The Morgan fingerprint density at radius 3 is 1.22 bits per heavy atom. The lowest BCUT2D eigenvalue weighted by Crippen LogP contribution is -2.57. The highest BCUT2D eigenvalue weighted by Crippen LogP contribution is 2.34. The van der Waals surface area contributed by atoms with Gasteiger partial charge in [-0.25, -0.2) is 0 Å². The van der Waals surface area contributed by atoms with Gasteiger partial charge in [0.15, 0.2) is 23.0 Å². The maximum Gasteiger partial charge on any atom is 0.326 e. The molecule has 5 aromatic carbocycles. The average molecular weight is 1520 g/mol. The van der Waals surface area contributed by atoms with E-state index < -0.39 is 66.0 Å². The van der Waals surface area contributed by atoms with Gasteiger partial charge in [-0.1, -0.05) is 66.7 Å². The maximum absolute atomic E-state index is 12.3. The number of carbonyl (C=O) groups excluding carboxylic acids is 7. The van der Waals surface area contributed by atoms with E-state index in [4.69, 9.17) is 58.7 Å². The van der Waals surface area contributed by atoms with Gasteiger partial charge < -0.3 is 88.5 Å². The minimum Gasteiger partial charge on any atom is -0.497 e. The molecule has 4 unspecified atom stereocenters. The summed E-state index contributed by atoms with van der Waals surface area (Å²) in [6.45, 7) is 2.57. The zero-order chi connectivity index (χ0) is 79.8. The van der Waals surface area contributed by atoms with Crippen LogP contribution in [0.5, 0.6) is 34.5 Å². The van der Waals surface area contributed by atoms with Crippen molar-refractivity contribution in [3.63, 3.8) is 0 Å². The summed E-state index contributed by atoms with van der Waals surface area (Å²) in [5.41, 5.74) is 4.59. The van der Waals surface area contributed by atoms with Crippen LogP contribution in [-0.2, 0) is 95.1 Å². The number of hydrogen-bond acceptors (Lipinski definition) is 24. The van der Waals surface area contributed by atoms with Gasteiger partial charge in [-0.05, 0) is 112 Å². The van der Waals surface area contributed by atoms with E-state index in [1.807, 2.05) is 109 Å². The highest BCUT2D eigenvalue weighted by Gasteiger charge is 2.40. The molecule has 35 heteroatoms. The van der Waals surface area contributed by atoms with Crippen molar-refractivity contribution in [3.05, 3.63) is 143 Å². The topological polar surface area (TPSA) is 415 Å². The van der Waals surface area contributed by atoms with E-state index in [2.05, 4.69) is 5.32 Å². The first kappa shape index (κ1) is 84.6. The van der Waals surface area contributed by atoms with Gasteiger partial charge in [-0.2, -0.15) is 0 Å². The van der Waals surface area contributed by atoms with Crippen molar-refractivity contribution in [1.82, 2.24) is 54.3 Å². The van der Waals surface area contributed by atoms with Crippen LogP contribution in [-0.4, -0.2) is 293 Å². The molecular formula is C74H93N11O24. The molecule has 5 aromatic rings. The van der Waals surface area contributed by atoms with Crippen molar-refractivity contribution in [2.45, 2.75) is 95.1 Å². The summed E-state index contributed by atoms with van der Waals surface area (Å²) in [7, 11) is 14.7.